The molecule has 1 aliphatic rings. The quantitative estimate of drug-likeness (QED) is 0.181. The Bertz CT molecular complexity index is 606. The van der Waals surface area contributed by atoms with Crippen LogP contribution in [0.3, 0.4) is 0 Å². The van der Waals surface area contributed by atoms with Crippen molar-refractivity contribution in [3.05, 3.63) is 39.9 Å². The van der Waals surface area contributed by atoms with Crippen molar-refractivity contribution in [3.63, 3.8) is 0 Å². The van der Waals surface area contributed by atoms with Gasteiger partial charge in [-0.25, -0.2) is 0 Å². The zero-order valence-corrected chi connectivity index (χ0v) is 18.5. The van der Waals surface area contributed by atoms with Crippen molar-refractivity contribution in [2.24, 2.45) is 10.9 Å². The number of nitro benzene ring substituents is 1. The van der Waals surface area contributed by atoms with Crippen molar-refractivity contribution in [2.75, 3.05) is 20.2 Å². The van der Waals surface area contributed by atoms with E-state index in [9.17, 15) is 10.1 Å². The smallest absolute Gasteiger partial charge is 0.269 e. The predicted molar refractivity (Wildman–Crippen MR) is 119 cm³/mol. The van der Waals surface area contributed by atoms with Gasteiger partial charge in [-0.2, -0.15) is 0 Å². The van der Waals surface area contributed by atoms with Gasteiger partial charge in [0, 0.05) is 38.9 Å². The van der Waals surface area contributed by atoms with Crippen LogP contribution >= 0.6 is 24.0 Å². The number of benzene rings is 1. The second-order valence-electron chi connectivity index (χ2n) is 6.61. The molecule has 1 aromatic carbocycles. The summed E-state index contributed by atoms with van der Waals surface area (Å²) in [6.45, 7) is 4.07. The molecular formula is C19H31IN4O3. The minimum atomic E-state index is -0.381. The van der Waals surface area contributed by atoms with Crippen molar-refractivity contribution >= 4 is 35.6 Å². The molecule has 8 heteroatoms. The van der Waals surface area contributed by atoms with Crippen LogP contribution in [0, 0.1) is 16.0 Å². The Hall–Kier alpha value is -1.42. The molecule has 0 spiro atoms. The number of non-ortho nitro benzene ring substituents is 1. The molecule has 1 fully saturated rings. The first-order chi connectivity index (χ1) is 12.6. The number of hydrogen-bond donors (Lipinski definition) is 2. The SMILES string of the molecule is CCOC(CCNC(=NC)NCc1cccc([N+](=O)[O-])c1)C1CCCC1.I. The Morgan fingerprint density at radius 2 is 2.11 bits per heavy atom. The van der Waals surface area contributed by atoms with Crippen LogP contribution in [-0.2, 0) is 11.3 Å². The second kappa shape index (κ2) is 12.9. The van der Waals surface area contributed by atoms with Crippen molar-refractivity contribution in [1.29, 1.82) is 0 Å². The summed E-state index contributed by atoms with van der Waals surface area (Å²) in [6, 6.07) is 6.62. The molecule has 1 aliphatic carbocycles. The normalized spacial score (nSPS) is 15.9. The van der Waals surface area contributed by atoms with Gasteiger partial charge < -0.3 is 15.4 Å². The van der Waals surface area contributed by atoms with Crippen LogP contribution < -0.4 is 10.6 Å². The van der Waals surface area contributed by atoms with E-state index in [1.54, 1.807) is 19.2 Å². The van der Waals surface area contributed by atoms with Crippen molar-refractivity contribution in [1.82, 2.24) is 10.6 Å². The van der Waals surface area contributed by atoms with E-state index in [1.165, 1.54) is 31.7 Å². The molecule has 1 aromatic rings. The monoisotopic (exact) mass is 490 g/mol. The molecule has 0 amide bonds. The predicted octanol–water partition coefficient (Wildman–Crippen LogP) is 3.86. The lowest BCUT2D eigenvalue weighted by Crippen LogP contribution is -2.39. The third-order valence-corrected chi connectivity index (χ3v) is 4.83. The number of nitrogens with zero attached hydrogens (tertiary/aromatic N) is 2. The zero-order valence-electron chi connectivity index (χ0n) is 16.1. The highest BCUT2D eigenvalue weighted by Gasteiger charge is 2.25. The Kier molecular flexibility index (Phi) is 11.3. The Labute approximate surface area is 178 Å². The Morgan fingerprint density at radius 1 is 1.37 bits per heavy atom. The van der Waals surface area contributed by atoms with Crippen LogP contribution in [0.1, 0.15) is 44.6 Å². The van der Waals surface area contributed by atoms with Crippen LogP contribution in [0.4, 0.5) is 5.69 Å². The summed E-state index contributed by atoms with van der Waals surface area (Å²) in [6.07, 6.45) is 6.43. The lowest BCUT2D eigenvalue weighted by molar-refractivity contribution is -0.384. The molecule has 0 aliphatic heterocycles. The summed E-state index contributed by atoms with van der Waals surface area (Å²) in [7, 11) is 1.72. The van der Waals surface area contributed by atoms with E-state index in [0.29, 0.717) is 24.5 Å². The fraction of sp³-hybridized carbons (Fsp3) is 0.632. The average Bonchev–Trinajstić information content (AvgIpc) is 3.18. The van der Waals surface area contributed by atoms with Crippen LogP contribution in [0.25, 0.3) is 0 Å². The molecular weight excluding hydrogens is 459 g/mol. The standard InChI is InChI=1S/C19H30N4O3.HI/c1-3-26-18(16-8-4-5-9-16)11-12-21-19(20-2)22-14-15-7-6-10-17(13-15)23(24)25;/h6-7,10,13,16,18H,3-5,8-9,11-12,14H2,1-2H3,(H2,20,21,22);1H. The Balaban J connectivity index is 0.00000364. The molecule has 2 rings (SSSR count). The van der Waals surface area contributed by atoms with Crippen molar-refractivity contribution in [3.8, 4) is 0 Å². The van der Waals surface area contributed by atoms with E-state index in [2.05, 4.69) is 22.5 Å². The molecule has 0 heterocycles. The van der Waals surface area contributed by atoms with E-state index in [1.807, 2.05) is 6.07 Å². The number of halogens is 1. The topological polar surface area (TPSA) is 88.8 Å². The number of rotatable bonds is 9. The van der Waals surface area contributed by atoms with E-state index >= 15 is 0 Å². The fourth-order valence-electron chi connectivity index (χ4n) is 3.52. The number of ether oxygens (including phenoxy) is 1. The highest BCUT2D eigenvalue weighted by Crippen LogP contribution is 2.30. The summed E-state index contributed by atoms with van der Waals surface area (Å²) in [5, 5.41) is 17.4. The molecule has 152 valence electrons. The molecule has 1 unspecified atom stereocenters. The van der Waals surface area contributed by atoms with Gasteiger partial charge in [0.1, 0.15) is 0 Å². The van der Waals surface area contributed by atoms with Gasteiger partial charge in [-0.1, -0.05) is 25.0 Å². The highest BCUT2D eigenvalue weighted by molar-refractivity contribution is 14.0. The number of hydrogen-bond acceptors (Lipinski definition) is 4. The highest BCUT2D eigenvalue weighted by atomic mass is 127. The summed E-state index contributed by atoms with van der Waals surface area (Å²) >= 11 is 0. The maximum absolute atomic E-state index is 10.9. The third kappa shape index (κ3) is 8.00. The zero-order chi connectivity index (χ0) is 18.8. The summed E-state index contributed by atoms with van der Waals surface area (Å²) in [5.74, 6) is 1.37. The van der Waals surface area contributed by atoms with Gasteiger partial charge in [0.2, 0.25) is 0 Å². The Morgan fingerprint density at radius 3 is 2.74 bits per heavy atom. The fourth-order valence-corrected chi connectivity index (χ4v) is 3.52. The van der Waals surface area contributed by atoms with Crippen LogP contribution in [0.15, 0.2) is 29.3 Å². The van der Waals surface area contributed by atoms with E-state index in [0.717, 1.165) is 25.1 Å². The van der Waals surface area contributed by atoms with Gasteiger partial charge in [-0.05, 0) is 37.7 Å². The average molecular weight is 490 g/mol. The lowest BCUT2D eigenvalue weighted by atomic mass is 9.98. The summed E-state index contributed by atoms with van der Waals surface area (Å²) < 4.78 is 5.94. The molecule has 0 bridgehead atoms. The second-order valence-corrected chi connectivity index (χ2v) is 6.61. The number of guanidine groups is 1. The van der Waals surface area contributed by atoms with Gasteiger partial charge in [-0.3, -0.25) is 15.1 Å². The van der Waals surface area contributed by atoms with Gasteiger partial charge >= 0.3 is 0 Å². The van der Waals surface area contributed by atoms with Gasteiger partial charge in [0.25, 0.3) is 5.69 Å². The summed E-state index contributed by atoms with van der Waals surface area (Å²) in [5.41, 5.74) is 0.948. The lowest BCUT2D eigenvalue weighted by Gasteiger charge is -2.24. The van der Waals surface area contributed by atoms with Crippen molar-refractivity contribution < 1.29 is 9.66 Å². The van der Waals surface area contributed by atoms with Gasteiger partial charge in [0.05, 0.1) is 11.0 Å². The first-order valence-corrected chi connectivity index (χ1v) is 9.43. The maximum Gasteiger partial charge on any atom is 0.269 e. The minimum absolute atomic E-state index is 0. The summed E-state index contributed by atoms with van der Waals surface area (Å²) in [4.78, 5) is 14.7. The van der Waals surface area contributed by atoms with E-state index < -0.39 is 0 Å². The van der Waals surface area contributed by atoms with Gasteiger partial charge in [0.15, 0.2) is 5.96 Å². The minimum Gasteiger partial charge on any atom is -0.378 e. The molecule has 7 nitrogen and oxygen atoms in total. The number of nitrogens with one attached hydrogen (secondary N) is 2. The number of aliphatic imine (C=N–C) groups is 1. The number of nitro groups is 1. The van der Waals surface area contributed by atoms with E-state index in [-0.39, 0.29) is 34.6 Å². The largest absolute Gasteiger partial charge is 0.378 e. The third-order valence-electron chi connectivity index (χ3n) is 4.83. The molecule has 27 heavy (non-hydrogen) atoms. The van der Waals surface area contributed by atoms with Crippen molar-refractivity contribution in [2.45, 2.75) is 51.7 Å². The first kappa shape index (κ1) is 23.6. The van der Waals surface area contributed by atoms with Crippen LogP contribution in [0.5, 0.6) is 0 Å². The molecule has 0 aromatic heterocycles. The van der Waals surface area contributed by atoms with Crippen LogP contribution in [0.2, 0.25) is 0 Å². The van der Waals surface area contributed by atoms with Crippen LogP contribution in [-0.4, -0.2) is 37.2 Å². The molecule has 1 atom stereocenters. The first-order valence-electron chi connectivity index (χ1n) is 9.43. The molecule has 1 saturated carbocycles. The van der Waals surface area contributed by atoms with E-state index in [4.69, 9.17) is 4.74 Å². The molecule has 2 N–H and O–H groups in total. The van der Waals surface area contributed by atoms with Gasteiger partial charge in [-0.15, -0.1) is 24.0 Å². The molecule has 0 radical (unpaired) electrons. The molecule has 0 saturated heterocycles. The maximum atomic E-state index is 10.9.